The third-order valence-electron chi connectivity index (χ3n) is 3.45. The van der Waals surface area contributed by atoms with Gasteiger partial charge in [0.25, 0.3) is 0 Å². The molecule has 0 amide bonds. The Morgan fingerprint density at radius 3 is 2.55 bits per heavy atom. The van der Waals surface area contributed by atoms with Crippen LogP contribution in [0.3, 0.4) is 0 Å². The van der Waals surface area contributed by atoms with Crippen LogP contribution < -0.4 is 4.74 Å². The fourth-order valence-corrected chi connectivity index (χ4v) is 2.38. The molecule has 0 spiro atoms. The monoisotopic (exact) mass is 287 g/mol. The molecule has 22 heavy (non-hydrogen) atoms. The molecule has 3 aromatic carbocycles. The van der Waals surface area contributed by atoms with E-state index in [1.807, 2.05) is 36.4 Å². The quantitative estimate of drug-likeness (QED) is 0.543. The van der Waals surface area contributed by atoms with Crippen LogP contribution in [0.5, 0.6) is 5.75 Å². The lowest BCUT2D eigenvalue weighted by atomic mass is 10.1. The first-order valence-electron chi connectivity index (χ1n) is 6.94. The SMILES string of the molecule is N#Cc1ccccc1CC(=O)Oc1cccc2ccccc12. The Balaban J connectivity index is 1.84. The van der Waals surface area contributed by atoms with Gasteiger partial charge in [0.2, 0.25) is 0 Å². The summed E-state index contributed by atoms with van der Waals surface area (Å²) in [7, 11) is 0. The molecule has 3 aromatic rings. The van der Waals surface area contributed by atoms with Gasteiger partial charge in [-0.1, -0.05) is 54.6 Å². The van der Waals surface area contributed by atoms with Gasteiger partial charge in [-0.25, -0.2) is 0 Å². The smallest absolute Gasteiger partial charge is 0.315 e. The zero-order valence-electron chi connectivity index (χ0n) is 11.8. The molecule has 0 saturated heterocycles. The van der Waals surface area contributed by atoms with Crippen LogP contribution in [0, 0.1) is 11.3 Å². The molecule has 0 radical (unpaired) electrons. The highest BCUT2D eigenvalue weighted by Gasteiger charge is 2.11. The van der Waals surface area contributed by atoms with Gasteiger partial charge in [0.15, 0.2) is 0 Å². The summed E-state index contributed by atoms with van der Waals surface area (Å²) in [5, 5.41) is 11.0. The van der Waals surface area contributed by atoms with E-state index in [-0.39, 0.29) is 12.4 Å². The van der Waals surface area contributed by atoms with Crippen molar-refractivity contribution in [1.29, 1.82) is 5.26 Å². The van der Waals surface area contributed by atoms with Gasteiger partial charge < -0.3 is 4.74 Å². The van der Waals surface area contributed by atoms with Crippen molar-refractivity contribution < 1.29 is 9.53 Å². The Morgan fingerprint density at radius 1 is 0.955 bits per heavy atom. The first kappa shape index (κ1) is 13.8. The van der Waals surface area contributed by atoms with E-state index in [0.717, 1.165) is 10.8 Å². The highest BCUT2D eigenvalue weighted by molar-refractivity contribution is 5.90. The predicted molar refractivity (Wildman–Crippen MR) is 84.4 cm³/mol. The summed E-state index contributed by atoms with van der Waals surface area (Å²) in [6.07, 6.45) is 0.0763. The van der Waals surface area contributed by atoms with Gasteiger partial charge in [-0.2, -0.15) is 5.26 Å². The fraction of sp³-hybridized carbons (Fsp3) is 0.0526. The number of fused-ring (bicyclic) bond motifs is 1. The topological polar surface area (TPSA) is 50.1 Å². The third-order valence-corrected chi connectivity index (χ3v) is 3.45. The molecular weight excluding hydrogens is 274 g/mol. The molecule has 3 rings (SSSR count). The third kappa shape index (κ3) is 2.82. The Labute approximate surface area is 128 Å². The standard InChI is InChI=1S/C19H13NO2/c20-13-16-8-2-1-7-15(16)12-19(21)22-18-11-5-9-14-6-3-4-10-17(14)18/h1-11H,12H2. The lowest BCUT2D eigenvalue weighted by Gasteiger charge is -2.08. The minimum atomic E-state index is -0.376. The molecule has 0 N–H and O–H groups in total. The first-order valence-corrected chi connectivity index (χ1v) is 6.94. The Kier molecular flexibility index (Phi) is 3.84. The fourth-order valence-electron chi connectivity index (χ4n) is 2.38. The molecule has 0 aromatic heterocycles. The molecule has 0 aliphatic heterocycles. The summed E-state index contributed by atoms with van der Waals surface area (Å²) in [6.45, 7) is 0. The van der Waals surface area contributed by atoms with E-state index in [1.54, 1.807) is 30.3 Å². The van der Waals surface area contributed by atoms with E-state index in [1.165, 1.54) is 0 Å². The van der Waals surface area contributed by atoms with Crippen molar-refractivity contribution >= 4 is 16.7 Å². The summed E-state index contributed by atoms with van der Waals surface area (Å²) < 4.78 is 5.48. The van der Waals surface area contributed by atoms with Gasteiger partial charge in [-0.05, 0) is 23.1 Å². The number of esters is 1. The van der Waals surface area contributed by atoms with Crippen LogP contribution in [0.15, 0.2) is 66.7 Å². The molecule has 0 aliphatic carbocycles. The van der Waals surface area contributed by atoms with Crippen LogP contribution in [0.1, 0.15) is 11.1 Å². The highest BCUT2D eigenvalue weighted by Crippen LogP contribution is 2.25. The van der Waals surface area contributed by atoms with E-state index in [9.17, 15) is 4.79 Å². The van der Waals surface area contributed by atoms with Crippen molar-refractivity contribution in [2.24, 2.45) is 0 Å². The van der Waals surface area contributed by atoms with E-state index in [0.29, 0.717) is 16.9 Å². The zero-order chi connectivity index (χ0) is 15.4. The average molecular weight is 287 g/mol. The summed E-state index contributed by atoms with van der Waals surface area (Å²) in [6, 6.07) is 22.5. The van der Waals surface area contributed by atoms with Crippen LogP contribution in [0.25, 0.3) is 10.8 Å². The molecule has 3 nitrogen and oxygen atoms in total. The van der Waals surface area contributed by atoms with E-state index >= 15 is 0 Å². The average Bonchev–Trinajstić information content (AvgIpc) is 2.55. The van der Waals surface area contributed by atoms with Crippen LogP contribution >= 0.6 is 0 Å². The Morgan fingerprint density at radius 2 is 1.68 bits per heavy atom. The van der Waals surface area contributed by atoms with Crippen molar-refractivity contribution in [3.63, 3.8) is 0 Å². The second kappa shape index (κ2) is 6.11. The Hall–Kier alpha value is -3.12. The number of carbonyl (C=O) groups is 1. The number of hydrogen-bond donors (Lipinski definition) is 0. The summed E-state index contributed by atoms with van der Waals surface area (Å²) in [4.78, 5) is 12.2. The summed E-state index contributed by atoms with van der Waals surface area (Å²) in [5.74, 6) is 0.164. The lowest BCUT2D eigenvalue weighted by molar-refractivity contribution is -0.133. The van der Waals surface area contributed by atoms with Crippen molar-refractivity contribution in [2.75, 3.05) is 0 Å². The largest absolute Gasteiger partial charge is 0.426 e. The zero-order valence-corrected chi connectivity index (χ0v) is 11.8. The number of rotatable bonds is 3. The molecule has 0 aliphatic rings. The number of benzene rings is 3. The van der Waals surface area contributed by atoms with Gasteiger partial charge in [0.1, 0.15) is 5.75 Å². The van der Waals surface area contributed by atoms with Crippen LogP contribution in [-0.4, -0.2) is 5.97 Å². The molecule has 0 fully saturated rings. The molecule has 0 bridgehead atoms. The maximum atomic E-state index is 12.2. The van der Waals surface area contributed by atoms with Crippen molar-refractivity contribution in [3.8, 4) is 11.8 Å². The molecule has 0 atom stereocenters. The van der Waals surface area contributed by atoms with Crippen LogP contribution in [0.2, 0.25) is 0 Å². The van der Waals surface area contributed by atoms with Crippen LogP contribution in [-0.2, 0) is 11.2 Å². The van der Waals surface area contributed by atoms with Gasteiger partial charge in [-0.15, -0.1) is 0 Å². The number of carbonyl (C=O) groups excluding carboxylic acids is 1. The molecular formula is C19H13NO2. The first-order chi connectivity index (χ1) is 10.8. The van der Waals surface area contributed by atoms with E-state index in [2.05, 4.69) is 6.07 Å². The molecule has 0 unspecified atom stereocenters. The number of ether oxygens (including phenoxy) is 1. The molecule has 3 heteroatoms. The van der Waals surface area contributed by atoms with E-state index < -0.39 is 0 Å². The maximum Gasteiger partial charge on any atom is 0.315 e. The van der Waals surface area contributed by atoms with Gasteiger partial charge >= 0.3 is 5.97 Å². The van der Waals surface area contributed by atoms with Crippen molar-refractivity contribution in [2.45, 2.75) is 6.42 Å². The second-order valence-electron chi connectivity index (χ2n) is 4.90. The van der Waals surface area contributed by atoms with Gasteiger partial charge in [0.05, 0.1) is 18.1 Å². The summed E-state index contributed by atoms with van der Waals surface area (Å²) in [5.41, 5.74) is 1.17. The normalized spacial score (nSPS) is 10.1. The minimum Gasteiger partial charge on any atom is -0.426 e. The molecule has 0 heterocycles. The molecule has 106 valence electrons. The molecule has 0 saturated carbocycles. The number of nitriles is 1. The number of nitrogens with zero attached hydrogens (tertiary/aromatic N) is 1. The highest BCUT2D eigenvalue weighted by atomic mass is 16.5. The Bertz CT molecular complexity index is 872. The van der Waals surface area contributed by atoms with E-state index in [4.69, 9.17) is 10.00 Å². The maximum absolute atomic E-state index is 12.2. The van der Waals surface area contributed by atoms with Gasteiger partial charge in [-0.3, -0.25) is 4.79 Å². The summed E-state index contributed by atoms with van der Waals surface area (Å²) >= 11 is 0. The minimum absolute atomic E-state index is 0.0763. The number of hydrogen-bond acceptors (Lipinski definition) is 3. The van der Waals surface area contributed by atoms with Crippen molar-refractivity contribution in [1.82, 2.24) is 0 Å². The van der Waals surface area contributed by atoms with Crippen molar-refractivity contribution in [3.05, 3.63) is 77.9 Å². The second-order valence-corrected chi connectivity index (χ2v) is 4.90. The van der Waals surface area contributed by atoms with Crippen LogP contribution in [0.4, 0.5) is 0 Å². The predicted octanol–water partition coefficient (Wildman–Crippen LogP) is 3.86. The lowest BCUT2D eigenvalue weighted by Crippen LogP contribution is -2.12. The van der Waals surface area contributed by atoms with Gasteiger partial charge in [0, 0.05) is 5.39 Å².